The molecule has 0 radical (unpaired) electrons. The van der Waals surface area contributed by atoms with Crippen LogP contribution in [-0.2, 0) is 6.42 Å². The molecule has 0 aliphatic carbocycles. The van der Waals surface area contributed by atoms with Gasteiger partial charge in [-0.15, -0.1) is 0 Å². The number of nitrogens with zero attached hydrogens (tertiary/aromatic N) is 1. The molecule has 2 heteroatoms. The minimum Gasteiger partial charge on any atom is -0.494 e. The highest BCUT2D eigenvalue weighted by Crippen LogP contribution is 2.17. The molecule has 32 heavy (non-hydrogen) atoms. The van der Waals surface area contributed by atoms with Crippen molar-refractivity contribution in [1.29, 1.82) is 0 Å². The first-order valence-corrected chi connectivity index (χ1v) is 13.2. The van der Waals surface area contributed by atoms with Crippen molar-refractivity contribution < 1.29 is 4.74 Å². The van der Waals surface area contributed by atoms with Crippen LogP contribution in [0.15, 0.2) is 53.5 Å². The Bertz CT molecular complexity index is 718. The third-order valence-corrected chi connectivity index (χ3v) is 6.01. The van der Waals surface area contributed by atoms with Crippen molar-refractivity contribution in [2.45, 2.75) is 104 Å². The Hall–Kier alpha value is -2.09. The van der Waals surface area contributed by atoms with Crippen LogP contribution < -0.4 is 4.74 Å². The third-order valence-electron chi connectivity index (χ3n) is 6.01. The molecule has 176 valence electrons. The highest BCUT2D eigenvalue weighted by Gasteiger charge is 1.97. The van der Waals surface area contributed by atoms with Crippen LogP contribution in [0.3, 0.4) is 0 Å². The molecule has 2 nitrogen and oxygen atoms in total. The molecule has 0 saturated heterocycles. The summed E-state index contributed by atoms with van der Waals surface area (Å²) in [5, 5.41) is 0. The largest absolute Gasteiger partial charge is 0.494 e. The zero-order valence-corrected chi connectivity index (χ0v) is 20.7. The Kier molecular flexibility index (Phi) is 14.3. The van der Waals surface area contributed by atoms with Gasteiger partial charge in [0.25, 0.3) is 0 Å². The van der Waals surface area contributed by atoms with E-state index in [0.29, 0.717) is 0 Å². The van der Waals surface area contributed by atoms with E-state index in [-0.39, 0.29) is 0 Å². The van der Waals surface area contributed by atoms with Gasteiger partial charge in [-0.2, -0.15) is 0 Å². The van der Waals surface area contributed by atoms with E-state index in [1.165, 1.54) is 89.0 Å². The Morgan fingerprint density at radius 3 is 1.81 bits per heavy atom. The maximum atomic E-state index is 5.77. The van der Waals surface area contributed by atoms with Crippen LogP contribution in [0.5, 0.6) is 5.75 Å². The SMILES string of the molecule is CCCCCCCCCCCCc1ccc(N=Cc2ccc(OCCCCC)cc2)cc1. The molecule has 2 rings (SSSR count). The number of hydrogen-bond donors (Lipinski definition) is 0. The molecule has 0 aliphatic heterocycles. The van der Waals surface area contributed by atoms with Crippen molar-refractivity contribution >= 4 is 11.9 Å². The molecule has 0 aliphatic rings. The van der Waals surface area contributed by atoms with Gasteiger partial charge in [-0.25, -0.2) is 0 Å². The molecule has 0 aromatic heterocycles. The predicted molar refractivity (Wildman–Crippen MR) is 141 cm³/mol. The van der Waals surface area contributed by atoms with Gasteiger partial charge in [-0.1, -0.05) is 96.6 Å². The lowest BCUT2D eigenvalue weighted by Crippen LogP contribution is -1.96. The van der Waals surface area contributed by atoms with E-state index in [0.717, 1.165) is 30.0 Å². The van der Waals surface area contributed by atoms with E-state index < -0.39 is 0 Å². The summed E-state index contributed by atoms with van der Waals surface area (Å²) in [5.74, 6) is 0.939. The first kappa shape index (κ1) is 26.2. The molecule has 2 aromatic rings. The molecule has 0 spiro atoms. The Labute approximate surface area is 197 Å². The van der Waals surface area contributed by atoms with Crippen LogP contribution in [0.2, 0.25) is 0 Å². The summed E-state index contributed by atoms with van der Waals surface area (Å²) in [7, 11) is 0. The van der Waals surface area contributed by atoms with Gasteiger partial charge < -0.3 is 4.74 Å². The summed E-state index contributed by atoms with van der Waals surface area (Å²) < 4.78 is 5.77. The molecule has 2 aromatic carbocycles. The molecule has 0 atom stereocenters. The molecule has 0 amide bonds. The summed E-state index contributed by atoms with van der Waals surface area (Å²) in [6.45, 7) is 5.29. The Morgan fingerprint density at radius 1 is 0.625 bits per heavy atom. The fraction of sp³-hybridized carbons (Fsp3) is 0.567. The Morgan fingerprint density at radius 2 is 1.19 bits per heavy atom. The summed E-state index contributed by atoms with van der Waals surface area (Å²) in [6, 6.07) is 16.9. The van der Waals surface area contributed by atoms with Gasteiger partial charge in [0.05, 0.1) is 12.3 Å². The lowest BCUT2D eigenvalue weighted by Gasteiger charge is -2.05. The summed E-state index contributed by atoms with van der Waals surface area (Å²) in [4.78, 5) is 4.62. The first-order chi connectivity index (χ1) is 15.8. The highest BCUT2D eigenvalue weighted by atomic mass is 16.5. The fourth-order valence-electron chi connectivity index (χ4n) is 3.91. The number of benzene rings is 2. The molecule has 0 fully saturated rings. The van der Waals surface area contributed by atoms with Crippen LogP contribution in [0.1, 0.15) is 108 Å². The van der Waals surface area contributed by atoms with Crippen LogP contribution >= 0.6 is 0 Å². The second-order valence-electron chi connectivity index (χ2n) is 8.98. The number of hydrogen-bond acceptors (Lipinski definition) is 2. The van der Waals surface area contributed by atoms with Gasteiger partial charge in [-0.3, -0.25) is 4.99 Å². The van der Waals surface area contributed by atoms with Gasteiger partial charge in [0.15, 0.2) is 0 Å². The quantitative estimate of drug-likeness (QED) is 0.169. The van der Waals surface area contributed by atoms with E-state index in [1.54, 1.807) is 0 Å². The van der Waals surface area contributed by atoms with Crippen LogP contribution in [0, 0.1) is 0 Å². The maximum Gasteiger partial charge on any atom is 0.119 e. The number of rotatable bonds is 18. The number of aryl methyl sites for hydroxylation is 1. The normalized spacial score (nSPS) is 11.3. The smallest absolute Gasteiger partial charge is 0.119 e. The van der Waals surface area contributed by atoms with Gasteiger partial charge in [0.1, 0.15) is 5.75 Å². The van der Waals surface area contributed by atoms with Crippen molar-refractivity contribution in [2.75, 3.05) is 6.61 Å². The lowest BCUT2D eigenvalue weighted by molar-refractivity contribution is 0.306. The Balaban J connectivity index is 1.60. The minimum atomic E-state index is 0.798. The topological polar surface area (TPSA) is 21.6 Å². The molecule has 0 unspecified atom stereocenters. The van der Waals surface area contributed by atoms with Crippen molar-refractivity contribution in [3.63, 3.8) is 0 Å². The molecule has 0 heterocycles. The highest BCUT2D eigenvalue weighted by molar-refractivity contribution is 5.82. The van der Waals surface area contributed by atoms with Gasteiger partial charge in [0.2, 0.25) is 0 Å². The summed E-state index contributed by atoms with van der Waals surface area (Å²) in [6.07, 6.45) is 20.6. The molecular weight excluding hydrogens is 390 g/mol. The first-order valence-electron chi connectivity index (χ1n) is 13.2. The fourth-order valence-corrected chi connectivity index (χ4v) is 3.91. The monoisotopic (exact) mass is 435 g/mol. The van der Waals surface area contributed by atoms with Crippen molar-refractivity contribution in [3.05, 3.63) is 59.7 Å². The van der Waals surface area contributed by atoms with E-state index in [1.807, 2.05) is 18.3 Å². The molecule has 0 N–H and O–H groups in total. The average Bonchev–Trinajstić information content (AvgIpc) is 2.83. The zero-order valence-electron chi connectivity index (χ0n) is 20.7. The third kappa shape index (κ3) is 12.1. The van der Waals surface area contributed by atoms with Gasteiger partial charge >= 0.3 is 0 Å². The summed E-state index contributed by atoms with van der Waals surface area (Å²) in [5.41, 5.74) is 3.53. The molecular formula is C30H45NO. The van der Waals surface area contributed by atoms with Crippen molar-refractivity contribution in [1.82, 2.24) is 0 Å². The van der Waals surface area contributed by atoms with Crippen LogP contribution in [-0.4, -0.2) is 12.8 Å². The summed E-state index contributed by atoms with van der Waals surface area (Å²) >= 11 is 0. The van der Waals surface area contributed by atoms with Crippen LogP contribution in [0.4, 0.5) is 5.69 Å². The van der Waals surface area contributed by atoms with Gasteiger partial charge in [0, 0.05) is 6.21 Å². The van der Waals surface area contributed by atoms with E-state index in [9.17, 15) is 0 Å². The standard InChI is InChI=1S/C30H45NO/c1-3-5-7-8-9-10-11-12-13-14-16-27-17-21-29(22-18-27)31-26-28-19-23-30(24-20-28)32-25-15-6-4-2/h17-24,26H,3-16,25H2,1-2H3. The van der Waals surface area contributed by atoms with Gasteiger partial charge in [-0.05, 0) is 66.8 Å². The maximum absolute atomic E-state index is 5.77. The number of unbranched alkanes of at least 4 members (excludes halogenated alkanes) is 11. The van der Waals surface area contributed by atoms with Crippen LogP contribution in [0.25, 0.3) is 0 Å². The van der Waals surface area contributed by atoms with E-state index >= 15 is 0 Å². The second kappa shape index (κ2) is 17.5. The number of aliphatic imine (C=N–C) groups is 1. The van der Waals surface area contributed by atoms with E-state index in [2.05, 4.69) is 55.2 Å². The number of ether oxygens (including phenoxy) is 1. The molecule has 0 bridgehead atoms. The molecule has 0 saturated carbocycles. The zero-order chi connectivity index (χ0) is 22.7. The average molecular weight is 436 g/mol. The predicted octanol–water partition coefficient (Wildman–Crippen LogP) is 9.47. The van der Waals surface area contributed by atoms with Crippen molar-refractivity contribution in [2.24, 2.45) is 4.99 Å². The second-order valence-corrected chi connectivity index (χ2v) is 8.98. The minimum absolute atomic E-state index is 0.798. The van der Waals surface area contributed by atoms with Crippen molar-refractivity contribution in [3.8, 4) is 5.75 Å². The van der Waals surface area contributed by atoms with E-state index in [4.69, 9.17) is 4.74 Å². The lowest BCUT2D eigenvalue weighted by atomic mass is 10.0.